The Morgan fingerprint density at radius 2 is 2.03 bits per heavy atom. The van der Waals surface area contributed by atoms with Crippen LogP contribution in [-0.2, 0) is 11.3 Å². The quantitative estimate of drug-likeness (QED) is 0.601. The Bertz CT molecular complexity index is 1250. The van der Waals surface area contributed by atoms with Gasteiger partial charge in [-0.25, -0.2) is 4.98 Å². The van der Waals surface area contributed by atoms with Gasteiger partial charge in [-0.3, -0.25) is 14.5 Å². The van der Waals surface area contributed by atoms with Crippen LogP contribution in [0.1, 0.15) is 51.6 Å². The van der Waals surface area contributed by atoms with E-state index in [9.17, 15) is 9.59 Å². The maximum absolute atomic E-state index is 13.1. The molecule has 33 heavy (non-hydrogen) atoms. The monoisotopic (exact) mass is 444 g/mol. The van der Waals surface area contributed by atoms with Gasteiger partial charge in [0.15, 0.2) is 5.82 Å². The van der Waals surface area contributed by atoms with E-state index in [2.05, 4.69) is 14.8 Å². The van der Waals surface area contributed by atoms with Gasteiger partial charge in [-0.05, 0) is 55.2 Å². The molecule has 0 bridgehead atoms. The Morgan fingerprint density at radius 1 is 1.15 bits per heavy atom. The largest absolute Gasteiger partial charge is 0.380 e. The summed E-state index contributed by atoms with van der Waals surface area (Å²) < 4.78 is 7.43. The molecular weight excluding hydrogens is 420 g/mol. The van der Waals surface area contributed by atoms with Crippen LogP contribution in [0.2, 0.25) is 0 Å². The molecule has 0 radical (unpaired) electrons. The molecule has 1 atom stereocenters. The van der Waals surface area contributed by atoms with Gasteiger partial charge >= 0.3 is 0 Å². The number of hydrogen-bond donors (Lipinski definition) is 0. The third kappa shape index (κ3) is 3.48. The van der Waals surface area contributed by atoms with E-state index in [1.165, 1.54) is 0 Å². The molecular formula is C24H24N6O3. The number of methoxy groups -OCH3 is 1. The van der Waals surface area contributed by atoms with Crippen LogP contribution < -0.4 is 4.90 Å². The molecule has 6 rings (SSSR count). The average molecular weight is 444 g/mol. The molecule has 2 aliphatic heterocycles. The zero-order valence-corrected chi connectivity index (χ0v) is 18.3. The summed E-state index contributed by atoms with van der Waals surface area (Å²) in [6.45, 7) is 1.66. The summed E-state index contributed by atoms with van der Waals surface area (Å²) in [5.74, 6) is 1.14. The van der Waals surface area contributed by atoms with E-state index in [1.54, 1.807) is 30.5 Å². The number of pyridine rings is 1. The van der Waals surface area contributed by atoms with Gasteiger partial charge < -0.3 is 14.2 Å². The lowest BCUT2D eigenvalue weighted by Crippen LogP contribution is -2.30. The van der Waals surface area contributed by atoms with Crippen molar-refractivity contribution in [2.45, 2.75) is 38.0 Å². The molecule has 3 aliphatic rings. The maximum Gasteiger partial charge on any atom is 0.260 e. The van der Waals surface area contributed by atoms with Crippen molar-refractivity contribution in [1.29, 1.82) is 0 Å². The first-order chi connectivity index (χ1) is 16.1. The number of nitrogens with zero attached hydrogens (tertiary/aromatic N) is 6. The summed E-state index contributed by atoms with van der Waals surface area (Å²) >= 11 is 0. The van der Waals surface area contributed by atoms with Gasteiger partial charge in [-0.1, -0.05) is 6.07 Å². The molecule has 2 fully saturated rings. The second kappa shape index (κ2) is 7.77. The summed E-state index contributed by atoms with van der Waals surface area (Å²) in [5, 5.41) is 8.30. The lowest BCUT2D eigenvalue weighted by Gasteiger charge is -2.16. The molecule has 2 aromatic heterocycles. The highest BCUT2D eigenvalue weighted by atomic mass is 16.5. The first kappa shape index (κ1) is 20.0. The molecule has 1 saturated carbocycles. The lowest BCUT2D eigenvalue weighted by molar-refractivity contribution is 0.0724. The number of carbonyl (C=O) groups excluding carboxylic acids is 2. The summed E-state index contributed by atoms with van der Waals surface area (Å²) in [6, 6.07) is 11.4. The maximum atomic E-state index is 13.1. The zero-order chi connectivity index (χ0) is 22.5. The lowest BCUT2D eigenvalue weighted by atomic mass is 10.1. The van der Waals surface area contributed by atoms with E-state index in [0.717, 1.165) is 30.7 Å². The highest BCUT2D eigenvalue weighted by Crippen LogP contribution is 2.37. The van der Waals surface area contributed by atoms with Crippen molar-refractivity contribution in [3.8, 4) is 11.5 Å². The molecule has 0 spiro atoms. The highest BCUT2D eigenvalue weighted by molar-refractivity contribution is 6.10. The average Bonchev–Trinajstić information content (AvgIpc) is 3.24. The van der Waals surface area contributed by atoms with Crippen LogP contribution in [0.15, 0.2) is 42.7 Å². The van der Waals surface area contributed by atoms with Crippen molar-refractivity contribution in [3.63, 3.8) is 0 Å². The van der Waals surface area contributed by atoms with Gasteiger partial charge in [0, 0.05) is 37.4 Å². The van der Waals surface area contributed by atoms with Crippen LogP contribution in [0.5, 0.6) is 0 Å². The molecule has 0 N–H and O–H groups in total. The van der Waals surface area contributed by atoms with E-state index in [1.807, 2.05) is 29.2 Å². The van der Waals surface area contributed by atoms with Crippen LogP contribution in [-0.4, -0.2) is 62.8 Å². The molecule has 2 amide bonds. The zero-order valence-electron chi connectivity index (χ0n) is 18.3. The minimum absolute atomic E-state index is 0.0252. The summed E-state index contributed by atoms with van der Waals surface area (Å²) in [6.07, 6.45) is 4.91. The number of anilines is 1. The van der Waals surface area contributed by atoms with Crippen LogP contribution in [0.4, 0.5) is 5.82 Å². The first-order valence-corrected chi connectivity index (χ1v) is 11.3. The summed E-state index contributed by atoms with van der Waals surface area (Å²) in [7, 11) is 1.67. The van der Waals surface area contributed by atoms with E-state index in [4.69, 9.17) is 9.72 Å². The normalized spacial score (nSPS) is 19.9. The number of rotatable bonds is 5. The fourth-order valence-electron chi connectivity index (χ4n) is 4.67. The van der Waals surface area contributed by atoms with Crippen molar-refractivity contribution >= 4 is 17.6 Å². The van der Waals surface area contributed by atoms with Gasteiger partial charge in [0.1, 0.15) is 17.8 Å². The number of ether oxygens (including phenoxy) is 1. The second-order valence-corrected chi connectivity index (χ2v) is 8.83. The predicted octanol–water partition coefficient (Wildman–Crippen LogP) is 2.70. The summed E-state index contributed by atoms with van der Waals surface area (Å²) in [5.41, 5.74) is 2.73. The Hall–Kier alpha value is -3.59. The molecule has 1 unspecified atom stereocenters. The minimum atomic E-state index is -0.113. The SMILES string of the molecule is COC1CCN(C(=O)c2ccc3c(c2)CN(c2cccc(-c4nncn4C4CC4)n2)C3=O)C1. The van der Waals surface area contributed by atoms with E-state index < -0.39 is 0 Å². The van der Waals surface area contributed by atoms with E-state index in [0.29, 0.717) is 48.3 Å². The van der Waals surface area contributed by atoms with Crippen LogP contribution in [0, 0.1) is 0 Å². The van der Waals surface area contributed by atoms with Crippen molar-refractivity contribution in [2.24, 2.45) is 0 Å². The molecule has 3 aromatic rings. The molecule has 1 saturated heterocycles. The van der Waals surface area contributed by atoms with Crippen molar-refractivity contribution in [2.75, 3.05) is 25.1 Å². The van der Waals surface area contributed by atoms with Gasteiger partial charge in [-0.15, -0.1) is 10.2 Å². The predicted molar refractivity (Wildman–Crippen MR) is 120 cm³/mol. The number of benzene rings is 1. The smallest absolute Gasteiger partial charge is 0.260 e. The molecule has 4 heterocycles. The Kier molecular flexibility index (Phi) is 4.72. The standard InChI is InChI=1S/C24H24N6O3/c1-33-18-9-10-28(13-18)23(31)15-5-8-19-16(11-15)12-29(24(19)32)21-4-2-3-20(26-21)22-27-25-14-30(22)17-6-7-17/h2-5,8,11,14,17-18H,6-7,9-10,12-13H2,1H3. The van der Waals surface area contributed by atoms with Crippen molar-refractivity contribution in [3.05, 3.63) is 59.4 Å². The third-order valence-corrected chi connectivity index (χ3v) is 6.68. The van der Waals surface area contributed by atoms with Crippen molar-refractivity contribution < 1.29 is 14.3 Å². The van der Waals surface area contributed by atoms with E-state index in [-0.39, 0.29) is 17.9 Å². The number of amides is 2. The van der Waals surface area contributed by atoms with Crippen LogP contribution >= 0.6 is 0 Å². The van der Waals surface area contributed by atoms with Crippen LogP contribution in [0.3, 0.4) is 0 Å². The van der Waals surface area contributed by atoms with Gasteiger partial charge in [-0.2, -0.15) is 0 Å². The van der Waals surface area contributed by atoms with Gasteiger partial charge in [0.2, 0.25) is 0 Å². The second-order valence-electron chi connectivity index (χ2n) is 8.83. The number of fused-ring (bicyclic) bond motifs is 1. The third-order valence-electron chi connectivity index (χ3n) is 6.68. The number of likely N-dealkylation sites (tertiary alicyclic amines) is 1. The fraction of sp³-hybridized carbons (Fsp3) is 0.375. The number of carbonyl (C=O) groups is 2. The molecule has 9 nitrogen and oxygen atoms in total. The Labute approximate surface area is 191 Å². The fourth-order valence-corrected chi connectivity index (χ4v) is 4.67. The number of hydrogen-bond acceptors (Lipinski definition) is 6. The summed E-state index contributed by atoms with van der Waals surface area (Å²) in [4.78, 5) is 34.3. The topological polar surface area (TPSA) is 93.4 Å². The first-order valence-electron chi connectivity index (χ1n) is 11.3. The van der Waals surface area contributed by atoms with Crippen LogP contribution in [0.25, 0.3) is 11.5 Å². The minimum Gasteiger partial charge on any atom is -0.380 e. The highest BCUT2D eigenvalue weighted by Gasteiger charge is 2.33. The molecule has 168 valence electrons. The van der Waals surface area contributed by atoms with E-state index >= 15 is 0 Å². The van der Waals surface area contributed by atoms with Gasteiger partial charge in [0.25, 0.3) is 11.8 Å². The molecule has 1 aliphatic carbocycles. The number of aromatic nitrogens is 4. The Morgan fingerprint density at radius 3 is 2.82 bits per heavy atom. The van der Waals surface area contributed by atoms with Crippen molar-refractivity contribution in [1.82, 2.24) is 24.6 Å². The molecule has 1 aromatic carbocycles. The Balaban J connectivity index is 1.25. The van der Waals surface area contributed by atoms with Gasteiger partial charge in [0.05, 0.1) is 12.6 Å². The molecule has 9 heteroatoms.